The van der Waals surface area contributed by atoms with E-state index in [9.17, 15) is 0 Å². The smallest absolute Gasteiger partial charge is 0.0195 e. The summed E-state index contributed by atoms with van der Waals surface area (Å²) in [6, 6.07) is 0. The molecule has 0 bridgehead atoms. The van der Waals surface area contributed by atoms with Gasteiger partial charge in [-0.05, 0) is 13.0 Å². The summed E-state index contributed by atoms with van der Waals surface area (Å²) in [5.74, 6) is 0.975. The van der Waals surface area contributed by atoms with Gasteiger partial charge in [0.2, 0.25) is 0 Å². The van der Waals surface area contributed by atoms with Crippen LogP contribution in [-0.2, 0) is 0 Å². The van der Waals surface area contributed by atoms with Crippen molar-refractivity contribution in [3.05, 3.63) is 0 Å². The molecular weight excluding hydrogens is 182 g/mol. The van der Waals surface area contributed by atoms with Gasteiger partial charge in [-0.1, -0.05) is 78.6 Å². The van der Waals surface area contributed by atoms with Crippen LogP contribution in [0.25, 0.3) is 0 Å². The summed E-state index contributed by atoms with van der Waals surface area (Å²) in [6.45, 7) is 6.98. The van der Waals surface area contributed by atoms with Crippen molar-refractivity contribution in [1.29, 1.82) is 0 Å². The van der Waals surface area contributed by atoms with Crippen LogP contribution >= 0.6 is 0 Å². The molecule has 2 N–H and O–H groups in total. The Hall–Kier alpha value is -0.0400. The van der Waals surface area contributed by atoms with Crippen molar-refractivity contribution in [2.45, 2.75) is 78.6 Å². The van der Waals surface area contributed by atoms with Gasteiger partial charge < -0.3 is 5.73 Å². The number of rotatable bonds is 9. The molecule has 0 aliphatic carbocycles. The molecule has 0 spiro atoms. The van der Waals surface area contributed by atoms with Crippen molar-refractivity contribution in [2.24, 2.45) is 11.7 Å². The Morgan fingerprint density at radius 3 is 1.60 bits per heavy atom. The molecule has 0 saturated carbocycles. The zero-order valence-corrected chi connectivity index (χ0v) is 11.5. The topological polar surface area (TPSA) is 26.0 Å². The molecule has 0 aliphatic rings. The molecule has 94 valence electrons. The van der Waals surface area contributed by atoms with Crippen LogP contribution in [0, 0.1) is 5.92 Å². The van der Waals surface area contributed by atoms with Crippen molar-refractivity contribution >= 4 is 0 Å². The molecule has 0 aromatic rings. The van der Waals surface area contributed by atoms with Crippen LogP contribution in [0.2, 0.25) is 0 Å². The highest BCUT2D eigenvalue weighted by atomic mass is 14.4. The average Bonchev–Trinajstić information content (AvgIpc) is 2.28. The van der Waals surface area contributed by atoms with Crippen LogP contribution < -0.4 is 5.73 Å². The molecule has 0 aromatic heterocycles. The predicted molar refractivity (Wildman–Crippen MR) is 72.2 cm³/mol. The Labute approximate surface area is 97.8 Å². The highest BCUT2D eigenvalue weighted by Gasteiger charge is 2.00. The molecule has 1 nitrogen and oxygen atoms in total. The second-order valence-corrected chi connectivity index (χ2v) is 4.45. The van der Waals surface area contributed by atoms with E-state index in [4.69, 9.17) is 0 Å². The molecule has 0 amide bonds. The lowest BCUT2D eigenvalue weighted by atomic mass is 9.97. The number of nitrogens with two attached hydrogens (primary N) is 1. The van der Waals surface area contributed by atoms with Gasteiger partial charge in [-0.15, -0.1) is 0 Å². The van der Waals surface area contributed by atoms with Gasteiger partial charge in [0.1, 0.15) is 0 Å². The fourth-order valence-electron chi connectivity index (χ4n) is 1.81. The molecule has 0 saturated heterocycles. The van der Waals surface area contributed by atoms with E-state index in [1.807, 2.05) is 0 Å². The Kier molecular flexibility index (Phi) is 19.0. The quantitative estimate of drug-likeness (QED) is 0.552. The molecule has 1 unspecified atom stereocenters. The van der Waals surface area contributed by atoms with E-state index >= 15 is 0 Å². The SMILES string of the molecule is CCCCCCC(C)CCCCC.CN. The monoisotopic (exact) mass is 215 g/mol. The highest BCUT2D eigenvalue weighted by molar-refractivity contribution is 4.54. The highest BCUT2D eigenvalue weighted by Crippen LogP contribution is 2.16. The molecule has 1 heteroatoms. The zero-order valence-electron chi connectivity index (χ0n) is 11.5. The van der Waals surface area contributed by atoms with E-state index in [1.54, 1.807) is 0 Å². The summed E-state index contributed by atoms with van der Waals surface area (Å²) >= 11 is 0. The molecule has 0 aromatic carbocycles. The summed E-state index contributed by atoms with van der Waals surface area (Å²) in [4.78, 5) is 0. The largest absolute Gasteiger partial charge is 0.333 e. The van der Waals surface area contributed by atoms with Crippen LogP contribution in [0.1, 0.15) is 78.6 Å². The van der Waals surface area contributed by atoms with E-state index in [0.29, 0.717) is 0 Å². The first-order valence-electron chi connectivity index (χ1n) is 6.89. The molecule has 15 heavy (non-hydrogen) atoms. The lowest BCUT2D eigenvalue weighted by Crippen LogP contribution is -1.94. The van der Waals surface area contributed by atoms with Gasteiger partial charge in [0.15, 0.2) is 0 Å². The first-order chi connectivity index (χ1) is 7.31. The molecule has 0 heterocycles. The normalized spacial score (nSPS) is 11.8. The second kappa shape index (κ2) is 16.4. The van der Waals surface area contributed by atoms with Crippen LogP contribution in [-0.4, -0.2) is 7.05 Å². The first kappa shape index (κ1) is 17.4. The third-order valence-electron chi connectivity index (χ3n) is 2.85. The molecule has 1 atom stereocenters. The van der Waals surface area contributed by atoms with Gasteiger partial charge in [-0.25, -0.2) is 0 Å². The van der Waals surface area contributed by atoms with Gasteiger partial charge in [-0.3, -0.25) is 0 Å². The fourth-order valence-corrected chi connectivity index (χ4v) is 1.81. The van der Waals surface area contributed by atoms with Crippen molar-refractivity contribution < 1.29 is 0 Å². The van der Waals surface area contributed by atoms with E-state index in [2.05, 4.69) is 26.5 Å². The van der Waals surface area contributed by atoms with Crippen LogP contribution in [0.3, 0.4) is 0 Å². The van der Waals surface area contributed by atoms with E-state index in [-0.39, 0.29) is 0 Å². The van der Waals surface area contributed by atoms with Gasteiger partial charge in [0.05, 0.1) is 0 Å². The maximum absolute atomic E-state index is 4.50. The van der Waals surface area contributed by atoms with Gasteiger partial charge >= 0.3 is 0 Å². The second-order valence-electron chi connectivity index (χ2n) is 4.45. The van der Waals surface area contributed by atoms with Gasteiger partial charge in [0, 0.05) is 0 Å². The van der Waals surface area contributed by atoms with Crippen LogP contribution in [0.4, 0.5) is 0 Å². The average molecular weight is 215 g/mol. The lowest BCUT2D eigenvalue weighted by molar-refractivity contribution is 0.439. The van der Waals surface area contributed by atoms with E-state index in [0.717, 1.165) is 5.92 Å². The Balaban J connectivity index is 0. The van der Waals surface area contributed by atoms with E-state index < -0.39 is 0 Å². The minimum Gasteiger partial charge on any atom is -0.333 e. The summed E-state index contributed by atoms with van der Waals surface area (Å²) < 4.78 is 0. The third-order valence-corrected chi connectivity index (χ3v) is 2.85. The first-order valence-corrected chi connectivity index (χ1v) is 6.89. The summed E-state index contributed by atoms with van der Waals surface area (Å²) in [7, 11) is 1.50. The van der Waals surface area contributed by atoms with Crippen LogP contribution in [0.15, 0.2) is 0 Å². The van der Waals surface area contributed by atoms with Crippen molar-refractivity contribution in [2.75, 3.05) is 7.05 Å². The van der Waals surface area contributed by atoms with Crippen LogP contribution in [0.5, 0.6) is 0 Å². The van der Waals surface area contributed by atoms with Crippen molar-refractivity contribution in [3.8, 4) is 0 Å². The molecular formula is C14H33N. The fraction of sp³-hybridized carbons (Fsp3) is 1.00. The van der Waals surface area contributed by atoms with Crippen molar-refractivity contribution in [3.63, 3.8) is 0 Å². The number of unbranched alkanes of at least 4 members (excludes halogenated alkanes) is 5. The van der Waals surface area contributed by atoms with Gasteiger partial charge in [-0.2, -0.15) is 0 Å². The zero-order chi connectivity index (χ0) is 11.9. The molecule has 0 radical (unpaired) electrons. The number of hydrogen-bond acceptors (Lipinski definition) is 1. The van der Waals surface area contributed by atoms with E-state index in [1.165, 1.54) is 64.8 Å². The third kappa shape index (κ3) is 16.6. The van der Waals surface area contributed by atoms with Gasteiger partial charge in [0.25, 0.3) is 0 Å². The molecule has 0 aliphatic heterocycles. The Morgan fingerprint density at radius 1 is 0.733 bits per heavy atom. The van der Waals surface area contributed by atoms with Crippen molar-refractivity contribution in [1.82, 2.24) is 0 Å². The maximum Gasteiger partial charge on any atom is -0.0195 e. The molecule has 0 fully saturated rings. The predicted octanol–water partition coefficient (Wildman–Crippen LogP) is 4.75. The molecule has 0 rings (SSSR count). The summed E-state index contributed by atoms with van der Waals surface area (Å²) in [5.41, 5.74) is 4.50. The minimum atomic E-state index is 0.975. The Bertz CT molecular complexity index is 91.3. The standard InChI is InChI=1S/C13H28.CH5N/c1-4-6-8-10-12-13(3)11-9-7-5-2;1-2/h13H,4-12H2,1-3H3;2H2,1H3. The summed E-state index contributed by atoms with van der Waals surface area (Å²) in [6.07, 6.45) is 12.9. The lowest BCUT2D eigenvalue weighted by Gasteiger charge is -2.10. The minimum absolute atomic E-state index is 0.975. The number of hydrogen-bond donors (Lipinski definition) is 1. The maximum atomic E-state index is 4.50. The summed E-state index contributed by atoms with van der Waals surface area (Å²) in [5, 5.41) is 0. The Morgan fingerprint density at radius 2 is 1.13 bits per heavy atom.